The van der Waals surface area contributed by atoms with Crippen molar-refractivity contribution in [3.63, 3.8) is 0 Å². The van der Waals surface area contributed by atoms with E-state index in [0.717, 1.165) is 24.8 Å². The molecule has 0 aromatic heterocycles. The van der Waals surface area contributed by atoms with Gasteiger partial charge >= 0.3 is 0 Å². The summed E-state index contributed by atoms with van der Waals surface area (Å²) in [5, 5.41) is 9.47. The molecule has 15 heavy (non-hydrogen) atoms. The molecule has 1 aromatic rings. The topological polar surface area (TPSA) is 20.2 Å². The first-order valence-electron chi connectivity index (χ1n) is 4.97. The predicted octanol–water partition coefficient (Wildman–Crippen LogP) is 3.10. The van der Waals surface area contributed by atoms with Crippen LogP contribution in [0.5, 0.6) is 0 Å². The van der Waals surface area contributed by atoms with Gasteiger partial charge in [-0.15, -0.1) is 0 Å². The molecule has 0 spiro atoms. The van der Waals surface area contributed by atoms with Gasteiger partial charge in [-0.3, -0.25) is 0 Å². The zero-order valence-electron chi connectivity index (χ0n) is 8.21. The predicted molar refractivity (Wildman–Crippen MR) is 58.4 cm³/mol. The summed E-state index contributed by atoms with van der Waals surface area (Å²) in [6.45, 7) is 0. The summed E-state index contributed by atoms with van der Waals surface area (Å²) in [6.07, 6.45) is 4.02. The molecule has 0 radical (unpaired) electrons. The van der Waals surface area contributed by atoms with Gasteiger partial charge in [-0.25, -0.2) is 4.39 Å². The minimum atomic E-state index is -0.388. The maximum absolute atomic E-state index is 12.9. The number of halogens is 2. The summed E-state index contributed by atoms with van der Waals surface area (Å²) in [7, 11) is 0. The Morgan fingerprint density at radius 3 is 2.87 bits per heavy atom. The van der Waals surface area contributed by atoms with Gasteiger partial charge in [-0.1, -0.05) is 29.3 Å². The van der Waals surface area contributed by atoms with E-state index in [-0.39, 0.29) is 16.9 Å². The second-order valence-corrected chi connectivity index (χ2v) is 4.26. The molecular formula is C12H12ClFO. The number of allylic oxidation sites excluding steroid dienone is 1. The third kappa shape index (κ3) is 2.58. The first-order valence-corrected chi connectivity index (χ1v) is 5.34. The Morgan fingerprint density at radius 1 is 1.47 bits per heavy atom. The molecule has 1 atom stereocenters. The Kier molecular flexibility index (Phi) is 3.08. The van der Waals surface area contributed by atoms with Crippen molar-refractivity contribution in [1.29, 1.82) is 0 Å². The molecule has 1 unspecified atom stereocenters. The van der Waals surface area contributed by atoms with Crippen molar-refractivity contribution in [3.8, 4) is 0 Å². The number of hydrogen-bond acceptors (Lipinski definition) is 1. The molecule has 0 aliphatic heterocycles. The van der Waals surface area contributed by atoms with Gasteiger partial charge in [0.2, 0.25) is 0 Å². The van der Waals surface area contributed by atoms with Gasteiger partial charge in [0, 0.05) is 0 Å². The van der Waals surface area contributed by atoms with E-state index in [0.29, 0.717) is 0 Å². The van der Waals surface area contributed by atoms with Crippen LogP contribution >= 0.6 is 11.6 Å². The second kappa shape index (κ2) is 4.33. The molecule has 2 rings (SSSR count). The zero-order chi connectivity index (χ0) is 10.8. The van der Waals surface area contributed by atoms with Crippen LogP contribution in [0.3, 0.4) is 0 Å². The van der Waals surface area contributed by atoms with E-state index in [1.54, 1.807) is 12.1 Å². The lowest BCUT2D eigenvalue weighted by molar-refractivity contribution is 0.223. The fraction of sp³-hybridized carbons (Fsp3) is 0.333. The van der Waals surface area contributed by atoms with Gasteiger partial charge in [0.25, 0.3) is 0 Å². The molecule has 0 amide bonds. The number of rotatable bonds is 2. The third-order valence-corrected chi connectivity index (χ3v) is 2.89. The van der Waals surface area contributed by atoms with Crippen LogP contribution in [0.15, 0.2) is 29.8 Å². The first-order chi connectivity index (χ1) is 7.15. The molecule has 0 saturated heterocycles. The van der Waals surface area contributed by atoms with Gasteiger partial charge in [0.15, 0.2) is 0 Å². The van der Waals surface area contributed by atoms with Crippen molar-refractivity contribution in [2.45, 2.75) is 25.4 Å². The van der Waals surface area contributed by atoms with E-state index in [1.807, 2.05) is 6.08 Å². The molecule has 1 aliphatic rings. The van der Waals surface area contributed by atoms with Crippen molar-refractivity contribution in [1.82, 2.24) is 0 Å². The van der Waals surface area contributed by atoms with Crippen LogP contribution in [-0.2, 0) is 6.42 Å². The lowest BCUT2D eigenvalue weighted by Gasteiger charge is -2.03. The van der Waals surface area contributed by atoms with Crippen LogP contribution < -0.4 is 0 Å². The Balaban J connectivity index is 2.11. The minimum Gasteiger partial charge on any atom is -0.389 e. The molecule has 0 bridgehead atoms. The van der Waals surface area contributed by atoms with E-state index in [1.165, 1.54) is 11.6 Å². The van der Waals surface area contributed by atoms with Crippen LogP contribution in [0.1, 0.15) is 18.4 Å². The van der Waals surface area contributed by atoms with Crippen LogP contribution in [0, 0.1) is 5.82 Å². The second-order valence-electron chi connectivity index (χ2n) is 3.86. The summed E-state index contributed by atoms with van der Waals surface area (Å²) in [6, 6.07) is 4.75. The highest BCUT2D eigenvalue weighted by Crippen LogP contribution is 2.24. The summed E-state index contributed by atoms with van der Waals surface area (Å²) in [4.78, 5) is 0. The van der Waals surface area contributed by atoms with Gasteiger partial charge < -0.3 is 5.11 Å². The molecule has 80 valence electrons. The average Bonchev–Trinajstić information content (AvgIpc) is 2.58. The van der Waals surface area contributed by atoms with Gasteiger partial charge in [0.1, 0.15) is 5.82 Å². The van der Waals surface area contributed by atoms with Crippen LogP contribution in [0.25, 0.3) is 0 Å². The van der Waals surface area contributed by atoms with Crippen molar-refractivity contribution in [2.75, 3.05) is 0 Å². The molecule has 0 fully saturated rings. The molecule has 1 N–H and O–H groups in total. The van der Waals surface area contributed by atoms with Gasteiger partial charge in [-0.05, 0) is 37.0 Å². The van der Waals surface area contributed by atoms with Crippen molar-refractivity contribution < 1.29 is 9.50 Å². The van der Waals surface area contributed by atoms with Crippen molar-refractivity contribution in [2.24, 2.45) is 0 Å². The highest BCUT2D eigenvalue weighted by Gasteiger charge is 2.13. The largest absolute Gasteiger partial charge is 0.389 e. The summed E-state index contributed by atoms with van der Waals surface area (Å²) >= 11 is 5.68. The molecular weight excluding hydrogens is 215 g/mol. The number of aliphatic hydroxyl groups excluding tert-OH is 1. The maximum atomic E-state index is 12.9. The highest BCUT2D eigenvalue weighted by atomic mass is 35.5. The van der Waals surface area contributed by atoms with Crippen molar-refractivity contribution >= 4 is 11.6 Å². The SMILES string of the molecule is OC1C=C(Cc2ccc(F)c(Cl)c2)CC1. The van der Waals surface area contributed by atoms with Gasteiger partial charge in [0.05, 0.1) is 11.1 Å². The molecule has 1 nitrogen and oxygen atoms in total. The number of hydrogen-bond donors (Lipinski definition) is 1. The fourth-order valence-electron chi connectivity index (χ4n) is 1.83. The first kappa shape index (κ1) is 10.7. The van der Waals surface area contributed by atoms with Crippen LogP contribution in [0.2, 0.25) is 5.02 Å². The molecule has 1 aromatic carbocycles. The lowest BCUT2D eigenvalue weighted by Crippen LogP contribution is -1.93. The average molecular weight is 227 g/mol. The number of aliphatic hydroxyl groups is 1. The van der Waals surface area contributed by atoms with E-state index in [9.17, 15) is 9.50 Å². The van der Waals surface area contributed by atoms with E-state index in [2.05, 4.69) is 0 Å². The standard InChI is InChI=1S/C12H12ClFO/c13-11-7-9(2-4-12(11)14)5-8-1-3-10(15)6-8/h2,4,6-7,10,15H,1,3,5H2. The quantitative estimate of drug-likeness (QED) is 0.769. The minimum absolute atomic E-state index is 0.159. The summed E-state index contributed by atoms with van der Waals surface area (Å²) in [5.41, 5.74) is 2.19. The van der Waals surface area contributed by atoms with E-state index < -0.39 is 0 Å². The number of benzene rings is 1. The van der Waals surface area contributed by atoms with Crippen LogP contribution in [0.4, 0.5) is 4.39 Å². The molecule has 1 aliphatic carbocycles. The molecule has 0 heterocycles. The zero-order valence-corrected chi connectivity index (χ0v) is 8.97. The monoisotopic (exact) mass is 226 g/mol. The maximum Gasteiger partial charge on any atom is 0.141 e. The Bertz CT molecular complexity index is 401. The summed E-state index contributed by atoms with van der Waals surface area (Å²) < 4.78 is 12.9. The highest BCUT2D eigenvalue weighted by molar-refractivity contribution is 6.30. The summed E-state index contributed by atoms with van der Waals surface area (Å²) in [5.74, 6) is -0.388. The normalized spacial score (nSPS) is 20.5. The smallest absolute Gasteiger partial charge is 0.141 e. The van der Waals surface area contributed by atoms with E-state index in [4.69, 9.17) is 11.6 Å². The Morgan fingerprint density at radius 2 is 2.27 bits per heavy atom. The van der Waals surface area contributed by atoms with E-state index >= 15 is 0 Å². The lowest BCUT2D eigenvalue weighted by atomic mass is 10.1. The van der Waals surface area contributed by atoms with Gasteiger partial charge in [-0.2, -0.15) is 0 Å². The fourth-order valence-corrected chi connectivity index (χ4v) is 2.03. The van der Waals surface area contributed by atoms with Crippen molar-refractivity contribution in [3.05, 3.63) is 46.3 Å². The Hall–Kier alpha value is -0.860. The molecule has 3 heteroatoms. The third-order valence-electron chi connectivity index (χ3n) is 2.60. The molecule has 0 saturated carbocycles. The Labute approximate surface area is 93.2 Å². The van der Waals surface area contributed by atoms with Crippen LogP contribution in [-0.4, -0.2) is 11.2 Å².